The van der Waals surface area contributed by atoms with E-state index in [0.29, 0.717) is 6.61 Å². The predicted octanol–water partition coefficient (Wildman–Crippen LogP) is 0.672. The second kappa shape index (κ2) is 5.65. The van der Waals surface area contributed by atoms with Crippen LogP contribution >= 0.6 is 0 Å². The van der Waals surface area contributed by atoms with Gasteiger partial charge in [0.15, 0.2) is 0 Å². The smallest absolute Gasteiger partial charge is 0.407 e. The van der Waals surface area contributed by atoms with Crippen LogP contribution in [0.5, 0.6) is 0 Å². The maximum absolute atomic E-state index is 11.4. The first kappa shape index (κ1) is 11.9. The quantitative estimate of drug-likeness (QED) is 0.811. The highest BCUT2D eigenvalue weighted by Crippen LogP contribution is 2.06. The Morgan fingerprint density at radius 2 is 2.18 bits per heavy atom. The maximum atomic E-state index is 11.4. The lowest BCUT2D eigenvalue weighted by Crippen LogP contribution is -2.42. The molecule has 17 heavy (non-hydrogen) atoms. The van der Waals surface area contributed by atoms with Crippen LogP contribution in [0.1, 0.15) is 5.56 Å². The van der Waals surface area contributed by atoms with Crippen LogP contribution in [0, 0.1) is 0 Å². The molecule has 1 aromatic rings. The van der Waals surface area contributed by atoms with Crippen LogP contribution in [0.2, 0.25) is 0 Å². The van der Waals surface area contributed by atoms with Gasteiger partial charge in [0, 0.05) is 0 Å². The molecule has 0 spiro atoms. The molecule has 0 aromatic heterocycles. The van der Waals surface area contributed by atoms with E-state index < -0.39 is 12.2 Å². The standard InChI is InChI=1S/C12H15NO4/c14-11-8-16-7-10(11)13-12(15)17-6-9-4-2-1-3-5-9/h1-5,10-11,14H,6-8H2,(H,13,15)/t10-,11+/m0/s1. The minimum absolute atomic E-state index is 0.219. The van der Waals surface area contributed by atoms with Crippen molar-refractivity contribution in [3.05, 3.63) is 35.9 Å². The van der Waals surface area contributed by atoms with Crippen molar-refractivity contribution in [1.29, 1.82) is 0 Å². The van der Waals surface area contributed by atoms with Gasteiger partial charge in [-0.2, -0.15) is 0 Å². The molecule has 2 rings (SSSR count). The van der Waals surface area contributed by atoms with Gasteiger partial charge in [-0.3, -0.25) is 0 Å². The van der Waals surface area contributed by atoms with Gasteiger partial charge in [-0.05, 0) is 5.56 Å². The summed E-state index contributed by atoms with van der Waals surface area (Å²) in [5, 5.41) is 12.0. The molecule has 92 valence electrons. The van der Waals surface area contributed by atoms with E-state index in [2.05, 4.69) is 5.32 Å². The number of alkyl carbamates (subject to hydrolysis) is 1. The van der Waals surface area contributed by atoms with Crippen molar-refractivity contribution in [3.63, 3.8) is 0 Å². The van der Waals surface area contributed by atoms with Gasteiger partial charge in [-0.1, -0.05) is 30.3 Å². The van der Waals surface area contributed by atoms with E-state index in [-0.39, 0.29) is 19.3 Å². The van der Waals surface area contributed by atoms with Crippen molar-refractivity contribution in [2.24, 2.45) is 0 Å². The Morgan fingerprint density at radius 1 is 1.41 bits per heavy atom. The molecular weight excluding hydrogens is 222 g/mol. The van der Waals surface area contributed by atoms with Gasteiger partial charge in [-0.15, -0.1) is 0 Å². The van der Waals surface area contributed by atoms with Gasteiger partial charge in [0.25, 0.3) is 0 Å². The van der Waals surface area contributed by atoms with E-state index >= 15 is 0 Å². The van der Waals surface area contributed by atoms with E-state index in [1.165, 1.54) is 0 Å². The summed E-state index contributed by atoms with van der Waals surface area (Å²) in [4.78, 5) is 11.4. The number of aliphatic hydroxyl groups is 1. The Morgan fingerprint density at radius 3 is 2.82 bits per heavy atom. The topological polar surface area (TPSA) is 67.8 Å². The maximum Gasteiger partial charge on any atom is 0.407 e. The van der Waals surface area contributed by atoms with E-state index in [9.17, 15) is 9.90 Å². The zero-order valence-corrected chi connectivity index (χ0v) is 9.33. The van der Waals surface area contributed by atoms with Crippen LogP contribution in [0.15, 0.2) is 30.3 Å². The minimum atomic E-state index is -0.653. The molecule has 1 saturated heterocycles. The van der Waals surface area contributed by atoms with Crippen molar-refractivity contribution in [3.8, 4) is 0 Å². The number of aliphatic hydroxyl groups excluding tert-OH is 1. The first-order valence-electron chi connectivity index (χ1n) is 5.49. The van der Waals surface area contributed by atoms with Crippen LogP contribution in [0.25, 0.3) is 0 Å². The Bertz CT molecular complexity index is 368. The number of carbonyl (C=O) groups excluding carboxylic acids is 1. The largest absolute Gasteiger partial charge is 0.445 e. The molecule has 1 aliphatic rings. The monoisotopic (exact) mass is 237 g/mol. The van der Waals surface area contributed by atoms with Gasteiger partial charge in [0.05, 0.1) is 25.4 Å². The fourth-order valence-corrected chi connectivity index (χ4v) is 1.60. The Kier molecular flexibility index (Phi) is 3.95. The third-order valence-electron chi connectivity index (χ3n) is 2.57. The van der Waals surface area contributed by atoms with Crippen LogP contribution in [-0.4, -0.2) is 36.6 Å². The summed E-state index contributed by atoms with van der Waals surface area (Å²) in [6.45, 7) is 0.793. The van der Waals surface area contributed by atoms with E-state index in [4.69, 9.17) is 9.47 Å². The van der Waals surface area contributed by atoms with E-state index in [1.54, 1.807) is 0 Å². The van der Waals surface area contributed by atoms with Gasteiger partial charge in [0.2, 0.25) is 0 Å². The molecule has 0 unspecified atom stereocenters. The number of hydrogen-bond donors (Lipinski definition) is 2. The average Bonchev–Trinajstić information content (AvgIpc) is 2.74. The fourth-order valence-electron chi connectivity index (χ4n) is 1.60. The van der Waals surface area contributed by atoms with Gasteiger partial charge >= 0.3 is 6.09 Å². The summed E-state index contributed by atoms with van der Waals surface area (Å²) in [5.74, 6) is 0. The predicted molar refractivity (Wildman–Crippen MR) is 60.4 cm³/mol. The zero-order chi connectivity index (χ0) is 12.1. The molecule has 0 aliphatic carbocycles. The summed E-state index contributed by atoms with van der Waals surface area (Å²) in [6.07, 6.45) is -1.19. The molecule has 2 N–H and O–H groups in total. The highest BCUT2D eigenvalue weighted by Gasteiger charge is 2.27. The third-order valence-corrected chi connectivity index (χ3v) is 2.57. The molecule has 0 bridgehead atoms. The van der Waals surface area contributed by atoms with E-state index in [1.807, 2.05) is 30.3 Å². The molecule has 1 aliphatic heterocycles. The molecule has 5 nitrogen and oxygen atoms in total. The van der Waals surface area contributed by atoms with Crippen LogP contribution in [0.3, 0.4) is 0 Å². The molecular formula is C12H15NO4. The number of carbonyl (C=O) groups is 1. The van der Waals surface area contributed by atoms with Crippen molar-refractivity contribution in [2.75, 3.05) is 13.2 Å². The van der Waals surface area contributed by atoms with Gasteiger partial charge < -0.3 is 19.9 Å². The van der Waals surface area contributed by atoms with Crippen molar-refractivity contribution < 1.29 is 19.4 Å². The summed E-state index contributed by atoms with van der Waals surface area (Å²) < 4.78 is 10.0. The van der Waals surface area contributed by atoms with Gasteiger partial charge in [-0.25, -0.2) is 4.79 Å². The Hall–Kier alpha value is -1.59. The molecule has 1 amide bonds. The SMILES string of the molecule is O=C(N[C@H]1COC[C@H]1O)OCc1ccccc1. The third kappa shape index (κ3) is 3.44. The van der Waals surface area contributed by atoms with Crippen LogP contribution in [0.4, 0.5) is 4.79 Å². The number of ether oxygens (including phenoxy) is 2. The summed E-state index contributed by atoms with van der Waals surface area (Å²) in [6, 6.07) is 9.03. The second-order valence-electron chi connectivity index (χ2n) is 3.92. The number of benzene rings is 1. The first-order valence-corrected chi connectivity index (χ1v) is 5.49. The summed E-state index contributed by atoms with van der Waals surface area (Å²) >= 11 is 0. The Labute approximate surface area is 99.3 Å². The van der Waals surface area contributed by atoms with Crippen LogP contribution in [-0.2, 0) is 16.1 Å². The number of nitrogens with one attached hydrogen (secondary N) is 1. The van der Waals surface area contributed by atoms with E-state index in [0.717, 1.165) is 5.56 Å². The Balaban J connectivity index is 1.74. The molecule has 0 radical (unpaired) electrons. The van der Waals surface area contributed by atoms with Crippen molar-refractivity contribution in [2.45, 2.75) is 18.8 Å². The average molecular weight is 237 g/mol. The highest BCUT2D eigenvalue weighted by molar-refractivity contribution is 5.67. The molecule has 1 heterocycles. The lowest BCUT2D eigenvalue weighted by Gasteiger charge is -2.14. The number of amides is 1. The van der Waals surface area contributed by atoms with Crippen LogP contribution < -0.4 is 5.32 Å². The lowest BCUT2D eigenvalue weighted by atomic mass is 10.2. The van der Waals surface area contributed by atoms with Crippen molar-refractivity contribution in [1.82, 2.24) is 5.32 Å². The van der Waals surface area contributed by atoms with Crippen molar-refractivity contribution >= 4 is 6.09 Å². The fraction of sp³-hybridized carbons (Fsp3) is 0.417. The van der Waals surface area contributed by atoms with Gasteiger partial charge in [0.1, 0.15) is 6.61 Å². The highest BCUT2D eigenvalue weighted by atomic mass is 16.6. The number of hydrogen-bond acceptors (Lipinski definition) is 4. The lowest BCUT2D eigenvalue weighted by molar-refractivity contribution is 0.112. The molecule has 1 aromatic carbocycles. The molecule has 1 fully saturated rings. The molecule has 0 saturated carbocycles. The second-order valence-corrected chi connectivity index (χ2v) is 3.92. The minimum Gasteiger partial charge on any atom is -0.445 e. The first-order chi connectivity index (χ1) is 8.25. The molecule has 5 heteroatoms. The normalized spacial score (nSPS) is 23.4. The summed E-state index contributed by atoms with van der Waals surface area (Å²) in [7, 11) is 0. The zero-order valence-electron chi connectivity index (χ0n) is 9.33. The summed E-state index contributed by atoms with van der Waals surface area (Å²) in [5.41, 5.74) is 0.922. The molecule has 2 atom stereocenters. The number of rotatable bonds is 3.